The van der Waals surface area contributed by atoms with Gasteiger partial charge in [-0.15, -0.1) is 0 Å². The Morgan fingerprint density at radius 1 is 1.53 bits per heavy atom. The van der Waals surface area contributed by atoms with Crippen LogP contribution in [0.25, 0.3) is 0 Å². The summed E-state index contributed by atoms with van der Waals surface area (Å²) in [6.45, 7) is 11.1. The maximum atomic E-state index is 12.6. The zero-order valence-corrected chi connectivity index (χ0v) is 12.7. The summed E-state index contributed by atoms with van der Waals surface area (Å²) in [6, 6.07) is 0. The first-order valence-corrected chi connectivity index (χ1v) is 7.64. The molecule has 19 heavy (non-hydrogen) atoms. The quantitative estimate of drug-likeness (QED) is 0.829. The van der Waals surface area contributed by atoms with E-state index in [0.717, 1.165) is 39.0 Å². The van der Waals surface area contributed by atoms with Crippen molar-refractivity contribution in [3.8, 4) is 0 Å². The summed E-state index contributed by atoms with van der Waals surface area (Å²) in [4.78, 5) is 14.7. The van der Waals surface area contributed by atoms with Crippen LogP contribution in [-0.4, -0.2) is 42.3 Å². The molecule has 0 aromatic carbocycles. The van der Waals surface area contributed by atoms with Crippen LogP contribution in [0.15, 0.2) is 0 Å². The molecule has 2 rings (SSSR count). The van der Waals surface area contributed by atoms with E-state index in [9.17, 15) is 4.79 Å². The predicted molar refractivity (Wildman–Crippen MR) is 75.7 cm³/mol. The highest BCUT2D eigenvalue weighted by molar-refractivity contribution is 5.88. The minimum absolute atomic E-state index is 0.180. The van der Waals surface area contributed by atoms with E-state index >= 15 is 0 Å². The van der Waals surface area contributed by atoms with Gasteiger partial charge in [0, 0.05) is 19.8 Å². The minimum Gasteiger partial charge on any atom is -0.381 e. The van der Waals surface area contributed by atoms with Crippen LogP contribution in [0.4, 0.5) is 0 Å². The molecule has 0 aliphatic carbocycles. The first-order chi connectivity index (χ1) is 8.98. The Hall–Kier alpha value is -0.610. The van der Waals surface area contributed by atoms with E-state index in [0.29, 0.717) is 11.8 Å². The van der Waals surface area contributed by atoms with Gasteiger partial charge in [0.1, 0.15) is 0 Å². The molecule has 0 aromatic rings. The normalized spacial score (nSPS) is 35.6. The van der Waals surface area contributed by atoms with Gasteiger partial charge in [-0.2, -0.15) is 0 Å². The summed E-state index contributed by atoms with van der Waals surface area (Å²) < 4.78 is 5.42. The fraction of sp³-hybridized carbons (Fsp3) is 0.933. The summed E-state index contributed by atoms with van der Waals surface area (Å²) >= 11 is 0. The first-order valence-electron chi connectivity index (χ1n) is 7.64. The van der Waals surface area contributed by atoms with E-state index in [4.69, 9.17) is 4.74 Å². The maximum absolute atomic E-state index is 12.6. The molecule has 2 aliphatic rings. The van der Waals surface area contributed by atoms with Gasteiger partial charge in [-0.25, -0.2) is 0 Å². The average Bonchev–Trinajstić information content (AvgIpc) is 2.97. The fourth-order valence-electron chi connectivity index (χ4n) is 3.06. The van der Waals surface area contributed by atoms with Gasteiger partial charge < -0.3 is 9.64 Å². The Bertz CT molecular complexity index is 326. The second-order valence-electron chi connectivity index (χ2n) is 6.54. The summed E-state index contributed by atoms with van der Waals surface area (Å²) in [5.74, 6) is 1.35. The number of hydrogen-bond acceptors (Lipinski definition) is 3. The van der Waals surface area contributed by atoms with Gasteiger partial charge in [0.2, 0.25) is 5.91 Å². The lowest BCUT2D eigenvalue weighted by atomic mass is 9.99. The lowest BCUT2D eigenvalue weighted by molar-refractivity contribution is -0.133. The average molecular weight is 268 g/mol. The number of carbonyl (C=O) groups excluding carboxylic acids is 1. The Kier molecular flexibility index (Phi) is 4.51. The van der Waals surface area contributed by atoms with E-state index in [1.165, 1.54) is 0 Å². The zero-order valence-electron chi connectivity index (χ0n) is 12.7. The number of ether oxygens (including phenoxy) is 1. The van der Waals surface area contributed by atoms with Crippen molar-refractivity contribution in [2.24, 2.45) is 11.8 Å². The summed E-state index contributed by atoms with van der Waals surface area (Å²) in [5, 5.41) is 3.54. The molecule has 3 unspecified atom stereocenters. The van der Waals surface area contributed by atoms with E-state index in [2.05, 4.69) is 31.0 Å². The Morgan fingerprint density at radius 3 is 2.79 bits per heavy atom. The number of nitrogens with zero attached hydrogens (tertiary/aromatic N) is 1. The number of carbonyl (C=O) groups is 1. The lowest BCUT2D eigenvalue weighted by Gasteiger charge is -2.28. The second kappa shape index (κ2) is 5.80. The molecule has 0 bridgehead atoms. The molecular formula is C15H28N2O2. The van der Waals surface area contributed by atoms with Crippen molar-refractivity contribution in [2.75, 3.05) is 19.8 Å². The van der Waals surface area contributed by atoms with Crippen molar-refractivity contribution < 1.29 is 9.53 Å². The minimum atomic E-state index is -0.374. The highest BCUT2D eigenvalue weighted by atomic mass is 16.5. The summed E-state index contributed by atoms with van der Waals surface area (Å²) in [6.07, 6.45) is 3.24. The molecule has 4 nitrogen and oxygen atoms in total. The number of hydrogen-bond donors (Lipinski definition) is 1. The van der Waals surface area contributed by atoms with Crippen molar-refractivity contribution in [2.45, 2.75) is 58.7 Å². The fourth-order valence-corrected chi connectivity index (χ4v) is 3.06. The smallest absolute Gasteiger partial charge is 0.243 e. The first kappa shape index (κ1) is 14.8. The molecule has 0 spiro atoms. The Morgan fingerprint density at radius 2 is 2.26 bits per heavy atom. The molecule has 1 N–H and O–H groups in total. The molecule has 2 saturated heterocycles. The van der Waals surface area contributed by atoms with E-state index in [1.807, 2.05) is 6.92 Å². The molecule has 0 saturated carbocycles. The van der Waals surface area contributed by atoms with Crippen LogP contribution in [-0.2, 0) is 9.53 Å². The Balaban J connectivity index is 2.00. The molecule has 4 heteroatoms. The van der Waals surface area contributed by atoms with Crippen molar-refractivity contribution in [1.29, 1.82) is 0 Å². The van der Waals surface area contributed by atoms with Crippen molar-refractivity contribution in [3.63, 3.8) is 0 Å². The van der Waals surface area contributed by atoms with Gasteiger partial charge in [0.15, 0.2) is 0 Å². The van der Waals surface area contributed by atoms with E-state index < -0.39 is 0 Å². The third-order valence-corrected chi connectivity index (χ3v) is 4.68. The highest BCUT2D eigenvalue weighted by Gasteiger charge is 2.47. The van der Waals surface area contributed by atoms with Gasteiger partial charge >= 0.3 is 0 Å². The van der Waals surface area contributed by atoms with Gasteiger partial charge in [0.05, 0.1) is 11.7 Å². The van der Waals surface area contributed by atoms with Crippen LogP contribution in [0.1, 0.15) is 47.0 Å². The third kappa shape index (κ3) is 2.95. The molecule has 0 aromatic heterocycles. The monoisotopic (exact) mass is 268 g/mol. The molecule has 3 atom stereocenters. The van der Waals surface area contributed by atoms with Crippen molar-refractivity contribution in [3.05, 3.63) is 0 Å². The van der Waals surface area contributed by atoms with E-state index in [1.54, 1.807) is 0 Å². The van der Waals surface area contributed by atoms with Crippen molar-refractivity contribution >= 4 is 5.91 Å². The summed E-state index contributed by atoms with van der Waals surface area (Å²) in [7, 11) is 0. The molecule has 0 radical (unpaired) electrons. The van der Waals surface area contributed by atoms with Crippen LogP contribution >= 0.6 is 0 Å². The van der Waals surface area contributed by atoms with Crippen LogP contribution in [0, 0.1) is 11.8 Å². The lowest BCUT2D eigenvalue weighted by Crippen LogP contribution is -2.45. The van der Waals surface area contributed by atoms with Crippen LogP contribution in [0.5, 0.6) is 0 Å². The standard InChI is InChI=1S/C15H28N2O2/c1-5-15(4)14(18)17(13(16-15)11(2)3)8-6-12-7-9-19-10-12/h11-13,16H,5-10H2,1-4H3. The van der Waals surface area contributed by atoms with Crippen LogP contribution < -0.4 is 5.32 Å². The number of amides is 1. The molecular weight excluding hydrogens is 240 g/mol. The maximum Gasteiger partial charge on any atom is 0.243 e. The Labute approximate surface area is 116 Å². The highest BCUT2D eigenvalue weighted by Crippen LogP contribution is 2.28. The molecule has 2 fully saturated rings. The van der Waals surface area contributed by atoms with Gasteiger partial charge in [0.25, 0.3) is 0 Å². The SMILES string of the molecule is CCC1(C)NC(C(C)C)N(CCC2CCOC2)C1=O. The van der Waals surface area contributed by atoms with Crippen molar-refractivity contribution in [1.82, 2.24) is 10.2 Å². The topological polar surface area (TPSA) is 41.6 Å². The van der Waals surface area contributed by atoms with Gasteiger partial charge in [-0.1, -0.05) is 20.8 Å². The molecule has 2 heterocycles. The number of nitrogens with one attached hydrogen (secondary N) is 1. The second-order valence-corrected chi connectivity index (χ2v) is 6.54. The van der Waals surface area contributed by atoms with Gasteiger partial charge in [-0.3, -0.25) is 10.1 Å². The van der Waals surface area contributed by atoms with Crippen LogP contribution in [0.3, 0.4) is 0 Å². The molecule has 110 valence electrons. The van der Waals surface area contributed by atoms with Crippen LogP contribution in [0.2, 0.25) is 0 Å². The largest absolute Gasteiger partial charge is 0.381 e. The summed E-state index contributed by atoms with van der Waals surface area (Å²) in [5.41, 5.74) is -0.374. The molecule has 1 amide bonds. The third-order valence-electron chi connectivity index (χ3n) is 4.68. The van der Waals surface area contributed by atoms with Gasteiger partial charge in [-0.05, 0) is 38.0 Å². The molecule has 2 aliphatic heterocycles. The number of rotatable bonds is 5. The zero-order chi connectivity index (χ0) is 14.0. The predicted octanol–water partition coefficient (Wildman–Crippen LogP) is 2.00. The van der Waals surface area contributed by atoms with E-state index in [-0.39, 0.29) is 17.6 Å².